The van der Waals surface area contributed by atoms with Crippen molar-refractivity contribution in [3.63, 3.8) is 0 Å². The molecule has 0 aliphatic carbocycles. The quantitative estimate of drug-likeness (QED) is 0.0784. The van der Waals surface area contributed by atoms with E-state index in [2.05, 4.69) is 48.2 Å². The molecule has 0 spiro atoms. The first-order valence-electron chi connectivity index (χ1n) is 15.9. The number of ether oxygens (including phenoxy) is 5. The third kappa shape index (κ3) is 8.30. The molecule has 1 aliphatic heterocycles. The fourth-order valence-electron chi connectivity index (χ4n) is 5.85. The summed E-state index contributed by atoms with van der Waals surface area (Å²) < 4.78 is 28.4. The van der Waals surface area contributed by atoms with Gasteiger partial charge in [0.2, 0.25) is 0 Å². The van der Waals surface area contributed by atoms with Gasteiger partial charge in [0.25, 0.3) is 5.69 Å². The summed E-state index contributed by atoms with van der Waals surface area (Å²) in [6.07, 6.45) is 0.206. The maximum Gasteiger partial charge on any atom is 0.280 e. The van der Waals surface area contributed by atoms with Crippen molar-refractivity contribution in [2.75, 3.05) is 53.7 Å². The zero-order valence-corrected chi connectivity index (χ0v) is 27.4. The van der Waals surface area contributed by atoms with E-state index in [1.165, 1.54) is 25.9 Å². The fraction of sp³-hybridized carbons (Fsp3) is 0.316. The topological polar surface area (TPSA) is 92.5 Å². The SMILES string of the molecule is CC/C(=C(/c1ccc(OCCN2CCOCC2)cc1)c1ccc(OC(C)c2cc(OC)c(OC)cc2[N+](=O)[O-])cc1)c1ccccc1. The van der Waals surface area contributed by atoms with Gasteiger partial charge < -0.3 is 23.7 Å². The van der Waals surface area contributed by atoms with Crippen LogP contribution >= 0.6 is 0 Å². The van der Waals surface area contributed by atoms with E-state index in [9.17, 15) is 10.1 Å². The molecule has 0 amide bonds. The smallest absolute Gasteiger partial charge is 0.280 e. The predicted octanol–water partition coefficient (Wildman–Crippen LogP) is 7.83. The van der Waals surface area contributed by atoms with Crippen LogP contribution in [0.1, 0.15) is 48.6 Å². The molecular weight excluding hydrogens is 596 g/mol. The standard InChI is InChI=1S/C38H42N2O7/c1-5-33(28-9-7-6-8-10-28)38(29-11-15-31(16-12-29)46-24-21-39-19-22-45-23-20-39)30-13-17-32(18-14-30)47-27(2)34-25-36(43-3)37(44-4)26-35(34)40(41)42/h6-18,25-27H,5,19-24H2,1-4H3/b38-33+. The maximum absolute atomic E-state index is 11.9. The molecule has 1 unspecified atom stereocenters. The highest BCUT2D eigenvalue weighted by Crippen LogP contribution is 2.40. The molecule has 0 aromatic heterocycles. The first-order valence-corrected chi connectivity index (χ1v) is 15.9. The molecule has 0 radical (unpaired) electrons. The summed E-state index contributed by atoms with van der Waals surface area (Å²) in [7, 11) is 2.94. The summed E-state index contributed by atoms with van der Waals surface area (Å²) >= 11 is 0. The van der Waals surface area contributed by atoms with Crippen molar-refractivity contribution in [3.05, 3.63) is 123 Å². The van der Waals surface area contributed by atoms with Crippen molar-refractivity contribution >= 4 is 16.8 Å². The van der Waals surface area contributed by atoms with Gasteiger partial charge in [0.05, 0.1) is 44.0 Å². The van der Waals surface area contributed by atoms with Gasteiger partial charge in [-0.3, -0.25) is 15.0 Å². The molecule has 4 aromatic carbocycles. The molecule has 1 heterocycles. The number of morpholine rings is 1. The predicted molar refractivity (Wildman–Crippen MR) is 184 cm³/mol. The van der Waals surface area contributed by atoms with E-state index in [1.807, 2.05) is 42.5 Å². The first-order chi connectivity index (χ1) is 22.9. The molecule has 1 aliphatic rings. The lowest BCUT2D eigenvalue weighted by Gasteiger charge is -2.26. The van der Waals surface area contributed by atoms with Crippen molar-refractivity contribution in [1.29, 1.82) is 0 Å². The lowest BCUT2D eigenvalue weighted by atomic mass is 9.88. The Morgan fingerprint density at radius 1 is 0.851 bits per heavy atom. The Bertz CT molecular complexity index is 1650. The highest BCUT2D eigenvalue weighted by Gasteiger charge is 2.25. The average molecular weight is 639 g/mol. The molecule has 0 saturated carbocycles. The zero-order valence-electron chi connectivity index (χ0n) is 27.4. The van der Waals surface area contributed by atoms with Crippen LogP contribution in [0.5, 0.6) is 23.0 Å². The van der Waals surface area contributed by atoms with Gasteiger partial charge in [-0.25, -0.2) is 0 Å². The molecule has 1 fully saturated rings. The van der Waals surface area contributed by atoms with Crippen LogP contribution in [-0.2, 0) is 4.74 Å². The van der Waals surface area contributed by atoms with Crippen molar-refractivity contribution < 1.29 is 28.6 Å². The van der Waals surface area contributed by atoms with Crippen LogP contribution < -0.4 is 18.9 Å². The van der Waals surface area contributed by atoms with Gasteiger partial charge in [0, 0.05) is 19.6 Å². The van der Waals surface area contributed by atoms with Crippen LogP contribution in [0.3, 0.4) is 0 Å². The Morgan fingerprint density at radius 2 is 1.45 bits per heavy atom. The molecule has 5 rings (SSSR count). The second kappa shape index (κ2) is 16.1. The fourth-order valence-corrected chi connectivity index (χ4v) is 5.85. The highest BCUT2D eigenvalue weighted by atomic mass is 16.6. The number of hydrogen-bond acceptors (Lipinski definition) is 8. The van der Waals surface area contributed by atoms with Crippen LogP contribution in [0.2, 0.25) is 0 Å². The second-order valence-electron chi connectivity index (χ2n) is 11.2. The van der Waals surface area contributed by atoms with E-state index in [-0.39, 0.29) is 11.4 Å². The van der Waals surface area contributed by atoms with Gasteiger partial charge >= 0.3 is 0 Å². The normalized spacial score (nSPS) is 14.6. The average Bonchev–Trinajstić information content (AvgIpc) is 3.11. The summed E-state index contributed by atoms with van der Waals surface area (Å²) in [5.41, 5.74) is 5.90. The molecule has 9 heteroatoms. The van der Waals surface area contributed by atoms with E-state index in [1.54, 1.807) is 13.0 Å². The van der Waals surface area contributed by atoms with E-state index in [0.717, 1.165) is 67.3 Å². The number of nitro groups is 1. The van der Waals surface area contributed by atoms with Gasteiger partial charge in [-0.15, -0.1) is 0 Å². The Kier molecular flexibility index (Phi) is 11.5. The van der Waals surface area contributed by atoms with Gasteiger partial charge in [-0.05, 0) is 71.5 Å². The van der Waals surface area contributed by atoms with Gasteiger partial charge in [-0.1, -0.05) is 61.5 Å². The third-order valence-electron chi connectivity index (χ3n) is 8.32. The van der Waals surface area contributed by atoms with Crippen LogP contribution in [0.4, 0.5) is 5.69 Å². The number of rotatable bonds is 14. The van der Waals surface area contributed by atoms with Crippen LogP contribution in [0.25, 0.3) is 11.1 Å². The van der Waals surface area contributed by atoms with Crippen molar-refractivity contribution in [3.8, 4) is 23.0 Å². The largest absolute Gasteiger partial charge is 0.493 e. The van der Waals surface area contributed by atoms with E-state index in [0.29, 0.717) is 23.7 Å². The van der Waals surface area contributed by atoms with Crippen molar-refractivity contribution in [1.82, 2.24) is 4.90 Å². The first kappa shape index (κ1) is 33.5. The third-order valence-corrected chi connectivity index (χ3v) is 8.32. The molecule has 0 N–H and O–H groups in total. The molecule has 9 nitrogen and oxygen atoms in total. The van der Waals surface area contributed by atoms with Crippen LogP contribution in [0, 0.1) is 10.1 Å². The summed E-state index contributed by atoms with van der Waals surface area (Å²) in [5, 5.41) is 11.9. The van der Waals surface area contributed by atoms with E-state index < -0.39 is 11.0 Å². The number of nitro benzene ring substituents is 1. The number of nitrogens with zero attached hydrogens (tertiary/aromatic N) is 2. The Labute approximate surface area is 276 Å². The lowest BCUT2D eigenvalue weighted by Crippen LogP contribution is -2.38. The number of allylic oxidation sites excluding steroid dienone is 1. The molecule has 47 heavy (non-hydrogen) atoms. The Balaban J connectivity index is 1.40. The molecule has 4 aromatic rings. The number of benzene rings is 4. The lowest BCUT2D eigenvalue weighted by molar-refractivity contribution is -0.386. The summed E-state index contributed by atoms with van der Waals surface area (Å²) in [5.74, 6) is 2.11. The molecule has 1 saturated heterocycles. The molecule has 1 atom stereocenters. The summed E-state index contributed by atoms with van der Waals surface area (Å²) in [6.45, 7) is 8.87. The molecular formula is C38H42N2O7. The highest BCUT2D eigenvalue weighted by molar-refractivity contribution is 5.98. The minimum atomic E-state index is -0.623. The van der Waals surface area contributed by atoms with Gasteiger partial charge in [0.1, 0.15) is 24.2 Å². The van der Waals surface area contributed by atoms with Crippen LogP contribution in [-0.4, -0.2) is 63.5 Å². The van der Waals surface area contributed by atoms with E-state index in [4.69, 9.17) is 23.7 Å². The monoisotopic (exact) mass is 638 g/mol. The summed E-state index contributed by atoms with van der Waals surface area (Å²) in [6, 6.07) is 29.5. The maximum atomic E-state index is 11.9. The van der Waals surface area contributed by atoms with Crippen molar-refractivity contribution in [2.45, 2.75) is 26.4 Å². The Hall–Kier alpha value is -4.86. The van der Waals surface area contributed by atoms with Crippen LogP contribution in [0.15, 0.2) is 91.0 Å². The molecule has 0 bridgehead atoms. The van der Waals surface area contributed by atoms with Crippen molar-refractivity contribution in [2.24, 2.45) is 0 Å². The molecule has 246 valence electrons. The number of hydrogen-bond donors (Lipinski definition) is 0. The zero-order chi connectivity index (χ0) is 33.2. The van der Waals surface area contributed by atoms with E-state index >= 15 is 0 Å². The minimum absolute atomic E-state index is 0.0963. The summed E-state index contributed by atoms with van der Waals surface area (Å²) in [4.78, 5) is 13.8. The Morgan fingerprint density at radius 3 is 2.02 bits per heavy atom. The van der Waals surface area contributed by atoms with Gasteiger partial charge in [-0.2, -0.15) is 0 Å². The minimum Gasteiger partial charge on any atom is -0.493 e. The second-order valence-corrected chi connectivity index (χ2v) is 11.2. The number of methoxy groups -OCH3 is 2. The van der Waals surface area contributed by atoms with Gasteiger partial charge in [0.15, 0.2) is 11.5 Å².